The first-order valence-electron chi connectivity index (χ1n) is 10.0. The van der Waals surface area contributed by atoms with E-state index in [1.807, 2.05) is 11.0 Å². The van der Waals surface area contributed by atoms with Crippen LogP contribution in [0.3, 0.4) is 0 Å². The topological polar surface area (TPSA) is 119 Å². The number of carbonyl (C=O) groups excluding carboxylic acids is 1. The third kappa shape index (κ3) is 4.68. The van der Waals surface area contributed by atoms with Gasteiger partial charge in [-0.1, -0.05) is 30.3 Å². The molecule has 1 fully saturated rings. The highest BCUT2D eigenvalue weighted by atomic mass is 16.1. The normalized spacial score (nSPS) is 17.0. The molecule has 2 aromatic rings. The SMILES string of the molecule is Nc1nc2c(c(=O)[nH]1)NCN2CCC(=O)NC1CCN(Cc2ccccc2)CC1. The van der Waals surface area contributed by atoms with Crippen LogP contribution < -0.4 is 26.8 Å². The second-order valence-corrected chi connectivity index (χ2v) is 7.60. The summed E-state index contributed by atoms with van der Waals surface area (Å²) in [6, 6.07) is 10.7. The quantitative estimate of drug-likeness (QED) is 0.567. The van der Waals surface area contributed by atoms with E-state index in [2.05, 4.69) is 49.8 Å². The summed E-state index contributed by atoms with van der Waals surface area (Å²) in [5.74, 6) is 0.611. The van der Waals surface area contributed by atoms with Crippen molar-refractivity contribution in [2.75, 3.05) is 42.3 Å². The predicted molar refractivity (Wildman–Crippen MR) is 113 cm³/mol. The van der Waals surface area contributed by atoms with Crippen molar-refractivity contribution in [1.82, 2.24) is 20.2 Å². The smallest absolute Gasteiger partial charge is 0.277 e. The van der Waals surface area contributed by atoms with Crippen molar-refractivity contribution in [3.05, 3.63) is 46.2 Å². The number of nitrogen functional groups attached to an aromatic ring is 1. The van der Waals surface area contributed by atoms with E-state index < -0.39 is 0 Å². The number of likely N-dealkylation sites (tertiary alicyclic amines) is 1. The molecule has 9 heteroatoms. The Hall–Kier alpha value is -3.07. The fraction of sp³-hybridized carbons (Fsp3) is 0.450. The van der Waals surface area contributed by atoms with Crippen molar-refractivity contribution in [3.8, 4) is 0 Å². The molecule has 0 saturated carbocycles. The molecule has 2 aliphatic heterocycles. The minimum Gasteiger partial charge on any atom is -0.369 e. The number of rotatable bonds is 6. The number of piperidine rings is 1. The predicted octanol–water partition coefficient (Wildman–Crippen LogP) is 0.712. The first-order chi connectivity index (χ1) is 14.1. The summed E-state index contributed by atoms with van der Waals surface area (Å²) < 4.78 is 0. The van der Waals surface area contributed by atoms with E-state index in [9.17, 15) is 9.59 Å². The number of amides is 1. The molecular formula is C20H27N7O2. The summed E-state index contributed by atoms with van der Waals surface area (Å²) in [5, 5.41) is 6.15. The molecule has 1 saturated heterocycles. The maximum Gasteiger partial charge on any atom is 0.277 e. The Labute approximate surface area is 169 Å². The summed E-state index contributed by atoms with van der Waals surface area (Å²) in [5.41, 5.74) is 7.07. The van der Waals surface area contributed by atoms with Crippen LogP contribution in [0.4, 0.5) is 17.5 Å². The van der Waals surface area contributed by atoms with E-state index in [4.69, 9.17) is 5.73 Å². The average molecular weight is 397 g/mol. The number of nitrogens with one attached hydrogen (secondary N) is 3. The first kappa shape index (κ1) is 19.3. The van der Waals surface area contributed by atoms with Crippen LogP contribution in [-0.4, -0.2) is 53.1 Å². The Morgan fingerprint density at radius 1 is 1.24 bits per heavy atom. The molecule has 0 radical (unpaired) electrons. The lowest BCUT2D eigenvalue weighted by molar-refractivity contribution is -0.121. The van der Waals surface area contributed by atoms with E-state index in [0.717, 1.165) is 32.5 Å². The van der Waals surface area contributed by atoms with Crippen LogP contribution in [0.2, 0.25) is 0 Å². The molecule has 0 unspecified atom stereocenters. The van der Waals surface area contributed by atoms with Gasteiger partial charge in [-0.25, -0.2) is 0 Å². The zero-order valence-electron chi connectivity index (χ0n) is 16.4. The van der Waals surface area contributed by atoms with Crippen molar-refractivity contribution >= 4 is 23.4 Å². The van der Waals surface area contributed by atoms with Crippen LogP contribution in [-0.2, 0) is 11.3 Å². The number of anilines is 3. The lowest BCUT2D eigenvalue weighted by Gasteiger charge is -2.32. The second-order valence-electron chi connectivity index (χ2n) is 7.60. The summed E-state index contributed by atoms with van der Waals surface area (Å²) in [4.78, 5) is 35.2. The van der Waals surface area contributed by atoms with Crippen molar-refractivity contribution in [2.24, 2.45) is 0 Å². The first-order valence-corrected chi connectivity index (χ1v) is 10.0. The summed E-state index contributed by atoms with van der Waals surface area (Å²) in [6.45, 7) is 3.84. The molecule has 9 nitrogen and oxygen atoms in total. The third-order valence-electron chi connectivity index (χ3n) is 5.48. The number of hydrogen-bond acceptors (Lipinski definition) is 7. The van der Waals surface area contributed by atoms with Gasteiger partial charge < -0.3 is 21.3 Å². The number of fused-ring (bicyclic) bond motifs is 1. The number of aromatic amines is 1. The van der Waals surface area contributed by atoms with Crippen molar-refractivity contribution in [2.45, 2.75) is 31.8 Å². The van der Waals surface area contributed by atoms with Gasteiger partial charge in [0, 0.05) is 38.6 Å². The molecule has 5 N–H and O–H groups in total. The Morgan fingerprint density at radius 3 is 2.76 bits per heavy atom. The zero-order valence-corrected chi connectivity index (χ0v) is 16.4. The number of aromatic nitrogens is 2. The number of benzene rings is 1. The molecule has 1 aromatic heterocycles. The van der Waals surface area contributed by atoms with Gasteiger partial charge in [0.2, 0.25) is 11.9 Å². The number of nitrogens with zero attached hydrogens (tertiary/aromatic N) is 3. The van der Waals surface area contributed by atoms with Crippen LogP contribution in [0.15, 0.2) is 35.1 Å². The maximum absolute atomic E-state index is 12.4. The highest BCUT2D eigenvalue weighted by Gasteiger charge is 2.25. The van der Waals surface area contributed by atoms with Gasteiger partial charge in [-0.15, -0.1) is 0 Å². The minimum atomic E-state index is -0.290. The van der Waals surface area contributed by atoms with E-state index in [1.54, 1.807) is 0 Å². The third-order valence-corrected chi connectivity index (χ3v) is 5.48. The lowest BCUT2D eigenvalue weighted by atomic mass is 10.0. The fourth-order valence-electron chi connectivity index (χ4n) is 3.91. The van der Waals surface area contributed by atoms with Crippen molar-refractivity contribution in [1.29, 1.82) is 0 Å². The van der Waals surface area contributed by atoms with Gasteiger partial charge in [0.05, 0.1) is 6.67 Å². The van der Waals surface area contributed by atoms with Crippen LogP contribution in [0.1, 0.15) is 24.8 Å². The molecule has 3 heterocycles. The van der Waals surface area contributed by atoms with Crippen LogP contribution in [0.5, 0.6) is 0 Å². The van der Waals surface area contributed by atoms with Crippen LogP contribution >= 0.6 is 0 Å². The minimum absolute atomic E-state index is 0.0257. The molecule has 0 bridgehead atoms. The molecule has 1 amide bonds. The largest absolute Gasteiger partial charge is 0.369 e. The lowest BCUT2D eigenvalue weighted by Crippen LogP contribution is -2.45. The molecule has 4 rings (SSSR count). The Balaban J connectivity index is 1.21. The highest BCUT2D eigenvalue weighted by molar-refractivity contribution is 5.78. The van der Waals surface area contributed by atoms with E-state index in [1.165, 1.54) is 5.56 Å². The Morgan fingerprint density at radius 2 is 2.00 bits per heavy atom. The van der Waals surface area contributed by atoms with Gasteiger partial charge in [0.1, 0.15) is 5.69 Å². The molecule has 2 aliphatic rings. The number of hydrogen-bond donors (Lipinski definition) is 4. The fourth-order valence-corrected chi connectivity index (χ4v) is 3.91. The number of carbonyl (C=O) groups is 1. The van der Waals surface area contributed by atoms with Crippen molar-refractivity contribution in [3.63, 3.8) is 0 Å². The molecule has 0 atom stereocenters. The monoisotopic (exact) mass is 397 g/mol. The summed E-state index contributed by atoms with van der Waals surface area (Å²) >= 11 is 0. The molecule has 1 aromatic carbocycles. The number of H-pyrrole nitrogens is 1. The molecule has 0 spiro atoms. The maximum atomic E-state index is 12.4. The van der Waals surface area contributed by atoms with Gasteiger partial charge in [-0.05, 0) is 18.4 Å². The Kier molecular flexibility index (Phi) is 5.66. The van der Waals surface area contributed by atoms with Crippen LogP contribution in [0, 0.1) is 0 Å². The Bertz CT molecular complexity index is 907. The van der Waals surface area contributed by atoms with Gasteiger partial charge in [-0.3, -0.25) is 19.5 Å². The molecule has 0 aliphatic carbocycles. The molecule has 29 heavy (non-hydrogen) atoms. The highest BCUT2D eigenvalue weighted by Crippen LogP contribution is 2.25. The van der Waals surface area contributed by atoms with E-state index >= 15 is 0 Å². The summed E-state index contributed by atoms with van der Waals surface area (Å²) in [7, 11) is 0. The van der Waals surface area contributed by atoms with E-state index in [-0.39, 0.29) is 23.5 Å². The van der Waals surface area contributed by atoms with Gasteiger partial charge in [0.15, 0.2) is 5.82 Å². The van der Waals surface area contributed by atoms with Crippen molar-refractivity contribution < 1.29 is 4.79 Å². The summed E-state index contributed by atoms with van der Waals surface area (Å²) in [6.07, 6.45) is 2.26. The molecular weight excluding hydrogens is 370 g/mol. The van der Waals surface area contributed by atoms with Crippen LogP contribution in [0.25, 0.3) is 0 Å². The van der Waals surface area contributed by atoms with Gasteiger partial charge in [0.25, 0.3) is 5.56 Å². The average Bonchev–Trinajstić information content (AvgIpc) is 3.12. The molecule has 154 valence electrons. The standard InChI is InChI=1S/C20H27N7O2/c21-20-24-18-17(19(29)25-20)22-13-27(18)11-8-16(28)23-15-6-9-26(10-7-15)12-14-4-2-1-3-5-14/h1-5,15,22H,6-13H2,(H,23,28)(H3,21,24,25,29). The van der Waals surface area contributed by atoms with E-state index in [0.29, 0.717) is 31.1 Å². The van der Waals surface area contributed by atoms with Gasteiger partial charge in [-0.2, -0.15) is 4.98 Å². The zero-order chi connectivity index (χ0) is 20.2. The number of nitrogens with two attached hydrogens (primary N) is 1. The second kappa shape index (κ2) is 8.52. The van der Waals surface area contributed by atoms with Gasteiger partial charge >= 0.3 is 0 Å².